The quantitative estimate of drug-likeness (QED) is 0.541. The summed E-state index contributed by atoms with van der Waals surface area (Å²) >= 11 is 0. The monoisotopic (exact) mass is 474 g/mol. The number of anilines is 1. The number of carbonyl (C=O) groups excluding carboxylic acids is 2. The maximum Gasteiger partial charge on any atom is 0.453 e. The minimum atomic E-state index is -4.66. The summed E-state index contributed by atoms with van der Waals surface area (Å²) in [6.07, 6.45) is -2.36. The number of aromatic nitrogens is 4. The van der Waals surface area contributed by atoms with Gasteiger partial charge in [-0.15, -0.1) is 5.10 Å². The number of rotatable bonds is 7. The van der Waals surface area contributed by atoms with Crippen LogP contribution in [0.5, 0.6) is 0 Å². The van der Waals surface area contributed by atoms with Crippen LogP contribution in [0, 0.1) is 19.8 Å². The Hall–Kier alpha value is -3.50. The molecule has 0 bridgehead atoms. The number of hydrogen-bond acceptors (Lipinski definition) is 5. The molecule has 1 aromatic carbocycles. The van der Waals surface area contributed by atoms with Gasteiger partial charge < -0.3 is 10.6 Å². The van der Waals surface area contributed by atoms with Crippen molar-refractivity contribution in [1.82, 2.24) is 24.9 Å². The number of hydrogen-bond donors (Lipinski definition) is 2. The van der Waals surface area contributed by atoms with E-state index in [1.165, 1.54) is 0 Å². The molecule has 1 saturated carbocycles. The van der Waals surface area contributed by atoms with Crippen LogP contribution in [0.4, 0.5) is 18.9 Å². The first-order chi connectivity index (χ1) is 16.0. The second-order valence-corrected chi connectivity index (χ2v) is 8.58. The van der Waals surface area contributed by atoms with E-state index in [1.807, 2.05) is 19.1 Å². The molecule has 2 N–H and O–H groups in total. The maximum absolute atomic E-state index is 12.9. The molecule has 0 saturated heterocycles. The molecule has 0 aliphatic heterocycles. The molecule has 2 heterocycles. The van der Waals surface area contributed by atoms with E-state index in [9.17, 15) is 22.8 Å². The normalized spacial score (nSPS) is 14.8. The Kier molecular flexibility index (Phi) is 6.28. The second-order valence-electron chi connectivity index (χ2n) is 8.58. The van der Waals surface area contributed by atoms with Gasteiger partial charge in [0.25, 0.3) is 11.6 Å². The fourth-order valence-corrected chi connectivity index (χ4v) is 3.77. The Morgan fingerprint density at radius 2 is 1.82 bits per heavy atom. The summed E-state index contributed by atoms with van der Waals surface area (Å²) in [5.74, 6) is -1.41. The van der Waals surface area contributed by atoms with Crippen molar-refractivity contribution >= 4 is 23.3 Å². The molecule has 11 heteroatoms. The van der Waals surface area contributed by atoms with Gasteiger partial charge in [-0.25, -0.2) is 9.50 Å². The standard InChI is InChI=1S/C23H25F3N6O2/c1-12(15-6-8-17(9-7-15)29-20(34)16-4-5-16)27-19(33)11-10-18-13(2)28-22-30-21(23(24,25)26)31-32(22)14(18)3/h6-9,12,16H,4-5,10-11H2,1-3H3,(H,27,33)(H,29,34). The van der Waals surface area contributed by atoms with Crippen LogP contribution < -0.4 is 10.6 Å². The van der Waals surface area contributed by atoms with Crippen LogP contribution in [0.2, 0.25) is 0 Å². The molecular weight excluding hydrogens is 449 g/mol. The largest absolute Gasteiger partial charge is 0.453 e. The van der Waals surface area contributed by atoms with Gasteiger partial charge in [-0.2, -0.15) is 18.2 Å². The lowest BCUT2D eigenvalue weighted by atomic mass is 10.0. The van der Waals surface area contributed by atoms with Gasteiger partial charge in [0.1, 0.15) is 0 Å². The Morgan fingerprint density at radius 1 is 1.15 bits per heavy atom. The second kappa shape index (κ2) is 9.03. The Balaban J connectivity index is 1.37. The average molecular weight is 474 g/mol. The highest BCUT2D eigenvalue weighted by Gasteiger charge is 2.37. The summed E-state index contributed by atoms with van der Waals surface area (Å²) in [6.45, 7) is 5.16. The number of alkyl halides is 3. The van der Waals surface area contributed by atoms with E-state index in [0.29, 0.717) is 23.4 Å². The molecule has 180 valence electrons. The highest BCUT2D eigenvalue weighted by molar-refractivity contribution is 5.94. The van der Waals surface area contributed by atoms with Crippen molar-refractivity contribution in [3.05, 3.63) is 52.6 Å². The maximum atomic E-state index is 12.9. The third kappa shape index (κ3) is 5.18. The smallest absolute Gasteiger partial charge is 0.350 e. The van der Waals surface area contributed by atoms with Gasteiger partial charge in [0.2, 0.25) is 11.8 Å². The molecule has 0 radical (unpaired) electrons. The summed E-state index contributed by atoms with van der Waals surface area (Å²) in [4.78, 5) is 32.0. The third-order valence-electron chi connectivity index (χ3n) is 5.91. The van der Waals surface area contributed by atoms with Crippen molar-refractivity contribution in [3.8, 4) is 0 Å². The van der Waals surface area contributed by atoms with Gasteiger partial charge in [0, 0.05) is 29.4 Å². The van der Waals surface area contributed by atoms with E-state index >= 15 is 0 Å². The van der Waals surface area contributed by atoms with Crippen LogP contribution in [0.15, 0.2) is 24.3 Å². The van der Waals surface area contributed by atoms with Gasteiger partial charge in [-0.05, 0) is 63.3 Å². The van der Waals surface area contributed by atoms with Crippen LogP contribution in [0.1, 0.15) is 60.6 Å². The number of fused-ring (bicyclic) bond motifs is 1. The van der Waals surface area contributed by atoms with Crippen LogP contribution in [0.25, 0.3) is 5.78 Å². The van der Waals surface area contributed by atoms with Crippen molar-refractivity contribution in [1.29, 1.82) is 0 Å². The van der Waals surface area contributed by atoms with Gasteiger partial charge >= 0.3 is 6.18 Å². The zero-order chi connectivity index (χ0) is 24.6. The van der Waals surface area contributed by atoms with Crippen molar-refractivity contribution in [2.45, 2.75) is 58.7 Å². The van der Waals surface area contributed by atoms with Gasteiger partial charge in [0.05, 0.1) is 6.04 Å². The fourth-order valence-electron chi connectivity index (χ4n) is 3.77. The van der Waals surface area contributed by atoms with E-state index in [1.54, 1.807) is 26.0 Å². The van der Waals surface area contributed by atoms with Crippen LogP contribution in [-0.4, -0.2) is 31.4 Å². The SMILES string of the molecule is Cc1nc2nc(C(F)(F)F)nn2c(C)c1CCC(=O)NC(C)c1ccc(NC(=O)C2CC2)cc1. The molecule has 3 aromatic rings. The molecule has 0 spiro atoms. The van der Waals surface area contributed by atoms with Crippen molar-refractivity contribution in [3.63, 3.8) is 0 Å². The Morgan fingerprint density at radius 3 is 2.44 bits per heavy atom. The van der Waals surface area contributed by atoms with E-state index in [0.717, 1.165) is 28.6 Å². The molecule has 1 aliphatic rings. The first-order valence-corrected chi connectivity index (χ1v) is 11.0. The van der Waals surface area contributed by atoms with E-state index in [4.69, 9.17) is 0 Å². The van der Waals surface area contributed by atoms with Crippen molar-refractivity contribution in [2.75, 3.05) is 5.32 Å². The molecule has 1 aliphatic carbocycles. The van der Waals surface area contributed by atoms with Crippen LogP contribution >= 0.6 is 0 Å². The molecule has 8 nitrogen and oxygen atoms in total. The topological polar surface area (TPSA) is 101 Å². The lowest BCUT2D eigenvalue weighted by molar-refractivity contribution is -0.144. The molecule has 2 amide bonds. The predicted octanol–water partition coefficient (Wildman–Crippen LogP) is 3.92. The van der Waals surface area contributed by atoms with Gasteiger partial charge in [-0.3, -0.25) is 9.59 Å². The number of benzene rings is 1. The minimum absolute atomic E-state index is 0.0351. The zero-order valence-electron chi connectivity index (χ0n) is 19.0. The average Bonchev–Trinajstić information content (AvgIpc) is 3.52. The number of halogens is 3. The highest BCUT2D eigenvalue weighted by atomic mass is 19.4. The zero-order valence-corrected chi connectivity index (χ0v) is 19.0. The summed E-state index contributed by atoms with van der Waals surface area (Å²) in [6, 6.07) is 7.05. The van der Waals surface area contributed by atoms with E-state index in [2.05, 4.69) is 25.7 Å². The van der Waals surface area contributed by atoms with Gasteiger partial charge in [-0.1, -0.05) is 12.1 Å². The summed E-state index contributed by atoms with van der Waals surface area (Å²) in [7, 11) is 0. The number of carbonyl (C=O) groups is 2. The number of nitrogens with zero attached hydrogens (tertiary/aromatic N) is 4. The fraction of sp³-hybridized carbons (Fsp3) is 0.435. The lowest BCUT2D eigenvalue weighted by Crippen LogP contribution is -2.27. The first kappa shape index (κ1) is 23.7. The number of aryl methyl sites for hydroxylation is 2. The molecule has 1 fully saturated rings. The van der Waals surface area contributed by atoms with Crippen LogP contribution in [0.3, 0.4) is 0 Å². The van der Waals surface area contributed by atoms with Crippen molar-refractivity contribution in [2.24, 2.45) is 5.92 Å². The molecule has 2 aromatic heterocycles. The molecule has 34 heavy (non-hydrogen) atoms. The highest BCUT2D eigenvalue weighted by Crippen LogP contribution is 2.30. The molecule has 1 unspecified atom stereocenters. The molecule has 1 atom stereocenters. The Labute approximate surface area is 194 Å². The lowest BCUT2D eigenvalue weighted by Gasteiger charge is -2.16. The minimum Gasteiger partial charge on any atom is -0.350 e. The third-order valence-corrected chi connectivity index (χ3v) is 5.91. The first-order valence-electron chi connectivity index (χ1n) is 11.0. The molecule has 4 rings (SSSR count). The number of amides is 2. The van der Waals surface area contributed by atoms with Crippen molar-refractivity contribution < 1.29 is 22.8 Å². The summed E-state index contributed by atoms with van der Waals surface area (Å²) < 4.78 is 39.9. The Bertz CT molecular complexity index is 1230. The van der Waals surface area contributed by atoms with Crippen LogP contribution in [-0.2, 0) is 22.2 Å². The summed E-state index contributed by atoms with van der Waals surface area (Å²) in [5, 5.41) is 9.33. The van der Waals surface area contributed by atoms with E-state index in [-0.39, 0.29) is 36.0 Å². The predicted molar refractivity (Wildman–Crippen MR) is 118 cm³/mol. The molecular formula is C23H25F3N6O2. The number of nitrogens with one attached hydrogen (secondary N) is 2. The van der Waals surface area contributed by atoms with Gasteiger partial charge in [0.15, 0.2) is 0 Å². The summed E-state index contributed by atoms with van der Waals surface area (Å²) in [5.41, 5.74) is 3.24. The van der Waals surface area contributed by atoms with E-state index < -0.39 is 12.0 Å².